The van der Waals surface area contributed by atoms with E-state index in [4.69, 9.17) is 5.11 Å². The van der Waals surface area contributed by atoms with Crippen molar-refractivity contribution in [1.82, 2.24) is 15.5 Å². The molecule has 20 heavy (non-hydrogen) atoms. The van der Waals surface area contributed by atoms with E-state index in [0.717, 1.165) is 25.9 Å². The van der Waals surface area contributed by atoms with E-state index in [9.17, 15) is 9.59 Å². The highest BCUT2D eigenvalue weighted by Crippen LogP contribution is 2.19. The molecular formula is C14H23N3O3. The van der Waals surface area contributed by atoms with Crippen LogP contribution in [0, 0.1) is 5.92 Å². The lowest BCUT2D eigenvalue weighted by atomic mass is 10.1. The molecule has 0 aromatic carbocycles. The summed E-state index contributed by atoms with van der Waals surface area (Å²) in [4.78, 5) is 25.1. The molecule has 3 N–H and O–H groups in total. The Labute approximate surface area is 119 Å². The van der Waals surface area contributed by atoms with Gasteiger partial charge in [-0.1, -0.05) is 12.2 Å². The van der Waals surface area contributed by atoms with Crippen LogP contribution < -0.4 is 10.6 Å². The minimum absolute atomic E-state index is 0.0833. The summed E-state index contributed by atoms with van der Waals surface area (Å²) in [6.45, 7) is 4.54. The van der Waals surface area contributed by atoms with Gasteiger partial charge in [-0.05, 0) is 39.3 Å². The molecular weight excluding hydrogens is 258 g/mol. The van der Waals surface area contributed by atoms with Crippen LogP contribution in [0.3, 0.4) is 0 Å². The molecule has 0 aromatic rings. The van der Waals surface area contributed by atoms with E-state index in [1.54, 1.807) is 12.2 Å². The van der Waals surface area contributed by atoms with Crippen molar-refractivity contribution in [3.63, 3.8) is 0 Å². The van der Waals surface area contributed by atoms with Crippen LogP contribution >= 0.6 is 0 Å². The summed E-state index contributed by atoms with van der Waals surface area (Å²) in [5.74, 6) is -1.31. The lowest BCUT2D eigenvalue weighted by molar-refractivity contribution is -0.140. The van der Waals surface area contributed by atoms with Gasteiger partial charge in [0.15, 0.2) is 0 Å². The lowest BCUT2D eigenvalue weighted by Gasteiger charge is -2.34. The minimum atomic E-state index is -0.830. The van der Waals surface area contributed by atoms with Gasteiger partial charge in [0.2, 0.25) is 0 Å². The molecule has 1 saturated heterocycles. The Kier molecular flexibility index (Phi) is 5.00. The van der Waals surface area contributed by atoms with Crippen LogP contribution in [0.5, 0.6) is 0 Å². The number of nitrogens with one attached hydrogen (secondary N) is 2. The van der Waals surface area contributed by atoms with Gasteiger partial charge < -0.3 is 20.6 Å². The smallest absolute Gasteiger partial charge is 0.318 e. The third kappa shape index (κ3) is 3.50. The zero-order chi connectivity index (χ0) is 14.5. The van der Waals surface area contributed by atoms with Gasteiger partial charge in [-0.25, -0.2) is 4.79 Å². The number of amides is 2. The first-order valence-electron chi connectivity index (χ1n) is 7.30. The maximum absolute atomic E-state index is 12.3. The number of hydrogen-bond acceptors (Lipinski definition) is 3. The van der Waals surface area contributed by atoms with Gasteiger partial charge in [-0.15, -0.1) is 0 Å². The molecule has 1 fully saturated rings. The normalized spacial score (nSPS) is 26.4. The number of carboxylic acids is 1. The highest BCUT2D eigenvalue weighted by Gasteiger charge is 2.29. The van der Waals surface area contributed by atoms with E-state index in [1.807, 2.05) is 11.8 Å². The van der Waals surface area contributed by atoms with Gasteiger partial charge in [-0.3, -0.25) is 4.79 Å². The molecule has 1 heterocycles. The molecule has 0 saturated carbocycles. The molecule has 6 nitrogen and oxygen atoms in total. The molecule has 0 aromatic heterocycles. The van der Waals surface area contributed by atoms with Crippen molar-refractivity contribution in [2.24, 2.45) is 5.92 Å². The number of nitrogens with zero attached hydrogens (tertiary/aromatic N) is 1. The summed E-state index contributed by atoms with van der Waals surface area (Å²) in [5, 5.41) is 15.2. The van der Waals surface area contributed by atoms with Crippen LogP contribution in [0.1, 0.15) is 26.2 Å². The fourth-order valence-electron chi connectivity index (χ4n) is 2.92. The van der Waals surface area contributed by atoms with Crippen molar-refractivity contribution in [1.29, 1.82) is 0 Å². The van der Waals surface area contributed by atoms with Gasteiger partial charge in [0, 0.05) is 12.6 Å². The van der Waals surface area contributed by atoms with E-state index >= 15 is 0 Å². The highest BCUT2D eigenvalue weighted by molar-refractivity contribution is 5.76. The Bertz CT molecular complexity index is 391. The fraction of sp³-hybridized carbons (Fsp3) is 0.714. The van der Waals surface area contributed by atoms with Gasteiger partial charge in [0.05, 0.1) is 12.0 Å². The first-order chi connectivity index (χ1) is 9.61. The largest absolute Gasteiger partial charge is 0.481 e. The first-order valence-corrected chi connectivity index (χ1v) is 7.30. The minimum Gasteiger partial charge on any atom is -0.481 e. The summed E-state index contributed by atoms with van der Waals surface area (Å²) in [6.07, 6.45) is 5.84. The van der Waals surface area contributed by atoms with Crippen LogP contribution in [-0.4, -0.2) is 53.7 Å². The number of hydrogen-bond donors (Lipinski definition) is 3. The van der Waals surface area contributed by atoms with Crippen molar-refractivity contribution < 1.29 is 14.7 Å². The van der Waals surface area contributed by atoms with Crippen LogP contribution in [0.15, 0.2) is 12.2 Å². The van der Waals surface area contributed by atoms with Gasteiger partial charge in [-0.2, -0.15) is 0 Å². The summed E-state index contributed by atoms with van der Waals surface area (Å²) < 4.78 is 0. The number of rotatable bonds is 4. The summed E-state index contributed by atoms with van der Waals surface area (Å²) in [5.41, 5.74) is 0. The number of carbonyl (C=O) groups is 2. The van der Waals surface area contributed by atoms with Gasteiger partial charge in [0.25, 0.3) is 0 Å². The molecule has 2 aliphatic rings. The molecule has 112 valence electrons. The Morgan fingerprint density at radius 3 is 2.60 bits per heavy atom. The van der Waals surface area contributed by atoms with Gasteiger partial charge in [0.1, 0.15) is 0 Å². The van der Waals surface area contributed by atoms with E-state index in [2.05, 4.69) is 10.6 Å². The molecule has 2 amide bonds. The average Bonchev–Trinajstić information content (AvgIpc) is 2.89. The summed E-state index contributed by atoms with van der Waals surface area (Å²) >= 11 is 0. The molecule has 0 radical (unpaired) electrons. The van der Waals surface area contributed by atoms with Gasteiger partial charge >= 0.3 is 12.0 Å². The monoisotopic (exact) mass is 281 g/mol. The van der Waals surface area contributed by atoms with E-state index in [0.29, 0.717) is 13.0 Å². The van der Waals surface area contributed by atoms with E-state index in [1.165, 1.54) is 0 Å². The predicted molar refractivity (Wildman–Crippen MR) is 75.5 cm³/mol. The second-order valence-electron chi connectivity index (χ2n) is 5.39. The number of aliphatic carboxylic acids is 1. The highest BCUT2D eigenvalue weighted by atomic mass is 16.4. The van der Waals surface area contributed by atoms with E-state index < -0.39 is 11.9 Å². The predicted octanol–water partition coefficient (Wildman–Crippen LogP) is 0.799. The second-order valence-corrected chi connectivity index (χ2v) is 5.39. The Morgan fingerprint density at radius 2 is 2.05 bits per heavy atom. The maximum Gasteiger partial charge on any atom is 0.318 e. The topological polar surface area (TPSA) is 81.7 Å². The van der Waals surface area contributed by atoms with Crippen molar-refractivity contribution in [3.8, 4) is 0 Å². The Hall–Kier alpha value is -1.56. The lowest BCUT2D eigenvalue weighted by Crippen LogP contribution is -2.51. The quantitative estimate of drug-likeness (QED) is 0.666. The van der Waals surface area contributed by atoms with Crippen molar-refractivity contribution in [2.45, 2.75) is 38.3 Å². The second kappa shape index (κ2) is 6.74. The Morgan fingerprint density at radius 1 is 1.35 bits per heavy atom. The zero-order valence-electron chi connectivity index (χ0n) is 11.8. The first kappa shape index (κ1) is 14.8. The molecule has 2 atom stereocenters. The van der Waals surface area contributed by atoms with Crippen LogP contribution in [0.2, 0.25) is 0 Å². The number of urea groups is 1. The third-order valence-electron chi connectivity index (χ3n) is 4.06. The fourth-order valence-corrected chi connectivity index (χ4v) is 2.92. The summed E-state index contributed by atoms with van der Waals surface area (Å²) in [7, 11) is 0. The number of carboxylic acid groups (broad SMARTS) is 1. The summed E-state index contributed by atoms with van der Waals surface area (Å²) in [6, 6.07) is 0.0290. The zero-order valence-corrected chi connectivity index (χ0v) is 11.8. The molecule has 2 unspecified atom stereocenters. The van der Waals surface area contributed by atoms with Crippen LogP contribution in [0.4, 0.5) is 4.79 Å². The number of piperidine rings is 1. The SMILES string of the molecule is CCN(C(=O)NC1C=CC(C(=O)O)C1)C1CCNCC1. The average molecular weight is 281 g/mol. The molecule has 6 heteroatoms. The number of carbonyl (C=O) groups excluding carboxylic acids is 1. The van der Waals surface area contributed by atoms with E-state index in [-0.39, 0.29) is 18.1 Å². The molecule has 1 aliphatic heterocycles. The molecule has 1 aliphatic carbocycles. The maximum atomic E-state index is 12.3. The third-order valence-corrected chi connectivity index (χ3v) is 4.06. The standard InChI is InChI=1S/C14H23N3O3/c1-2-17(12-5-7-15-8-6-12)14(20)16-11-4-3-10(9-11)13(18)19/h3-4,10-12,15H,2,5-9H2,1H3,(H,16,20)(H,18,19). The van der Waals surface area contributed by atoms with Crippen molar-refractivity contribution in [3.05, 3.63) is 12.2 Å². The Balaban J connectivity index is 1.87. The molecule has 0 bridgehead atoms. The van der Waals surface area contributed by atoms with Crippen LogP contribution in [-0.2, 0) is 4.79 Å². The van der Waals surface area contributed by atoms with Crippen molar-refractivity contribution >= 4 is 12.0 Å². The molecule has 0 spiro atoms. The molecule has 2 rings (SSSR count). The van der Waals surface area contributed by atoms with Crippen LogP contribution in [0.25, 0.3) is 0 Å². The van der Waals surface area contributed by atoms with Crippen molar-refractivity contribution in [2.75, 3.05) is 19.6 Å².